The van der Waals surface area contributed by atoms with Gasteiger partial charge in [-0.3, -0.25) is 0 Å². The second-order valence-electron chi connectivity index (χ2n) is 6.71. The van der Waals surface area contributed by atoms with E-state index < -0.39 is 11.8 Å². The van der Waals surface area contributed by atoms with Gasteiger partial charge in [-0.25, -0.2) is 9.18 Å². The minimum atomic E-state index is -0.677. The van der Waals surface area contributed by atoms with Gasteiger partial charge < -0.3 is 9.72 Å². The van der Waals surface area contributed by atoms with E-state index in [4.69, 9.17) is 4.74 Å². The van der Waals surface area contributed by atoms with Crippen LogP contribution in [0.5, 0.6) is 0 Å². The molecule has 1 aromatic rings. The Morgan fingerprint density at radius 3 is 2.15 bits per heavy atom. The van der Waals surface area contributed by atoms with E-state index in [1.807, 2.05) is 0 Å². The summed E-state index contributed by atoms with van der Waals surface area (Å²) in [7, 11) is 0. The van der Waals surface area contributed by atoms with Crippen molar-refractivity contribution in [3.05, 3.63) is 23.3 Å². The summed E-state index contributed by atoms with van der Waals surface area (Å²) in [5, 5.41) is 0. The van der Waals surface area contributed by atoms with Gasteiger partial charge >= 0.3 is 5.97 Å². The summed E-state index contributed by atoms with van der Waals surface area (Å²) in [4.78, 5) is 14.2. The molecule has 0 atom stereocenters. The molecule has 0 aromatic carbocycles. The van der Waals surface area contributed by atoms with Gasteiger partial charge in [0.25, 0.3) is 0 Å². The molecule has 1 heterocycles. The van der Waals surface area contributed by atoms with Gasteiger partial charge in [0.05, 0.1) is 12.3 Å². The summed E-state index contributed by atoms with van der Waals surface area (Å²) < 4.78 is 18.4. The highest BCUT2D eigenvalue weighted by atomic mass is 19.1. The maximum atomic E-state index is 13.6. The van der Waals surface area contributed by atoms with Crippen molar-refractivity contribution in [1.82, 2.24) is 4.98 Å². The van der Waals surface area contributed by atoms with Gasteiger partial charge in [-0.15, -0.1) is 0 Å². The summed E-state index contributed by atoms with van der Waals surface area (Å²) in [6.07, 6.45) is 15.2. The third-order valence-corrected chi connectivity index (χ3v) is 4.38. The van der Waals surface area contributed by atoms with Gasteiger partial charge in [0, 0.05) is 12.5 Å². The number of unbranched alkanes of at least 4 members (excludes halogenated alkanes) is 11. The Morgan fingerprint density at radius 2 is 1.58 bits per heavy atom. The fourth-order valence-electron chi connectivity index (χ4n) is 2.88. The van der Waals surface area contributed by atoms with Gasteiger partial charge in [-0.1, -0.05) is 77.1 Å². The molecule has 0 saturated heterocycles. The highest BCUT2D eigenvalue weighted by Crippen LogP contribution is 2.12. The van der Waals surface area contributed by atoms with Gasteiger partial charge in [-0.05, 0) is 19.3 Å². The van der Waals surface area contributed by atoms with Crippen molar-refractivity contribution in [2.75, 3.05) is 6.61 Å². The van der Waals surface area contributed by atoms with Gasteiger partial charge in [-0.2, -0.15) is 0 Å². The van der Waals surface area contributed by atoms with Crippen molar-refractivity contribution in [3.63, 3.8) is 0 Å². The van der Waals surface area contributed by atoms with Crippen LogP contribution in [0.15, 0.2) is 6.07 Å². The van der Waals surface area contributed by atoms with Crippen molar-refractivity contribution < 1.29 is 13.9 Å². The number of nitrogens with one attached hydrogen (secondary N) is 1. The van der Waals surface area contributed by atoms with Crippen LogP contribution < -0.4 is 0 Å². The third kappa shape index (κ3) is 9.65. The Bertz CT molecular complexity index is 568. The zero-order valence-electron chi connectivity index (χ0n) is 16.5. The lowest BCUT2D eigenvalue weighted by molar-refractivity contribution is 0.0515. The molecule has 0 radical (unpaired) electrons. The number of ether oxygens (including phenoxy) is 1. The topological polar surface area (TPSA) is 42.1 Å². The maximum absolute atomic E-state index is 13.6. The number of H-pyrrole nitrogens is 1. The van der Waals surface area contributed by atoms with E-state index >= 15 is 0 Å². The number of esters is 1. The summed E-state index contributed by atoms with van der Waals surface area (Å²) in [6.45, 7) is 4.16. The van der Waals surface area contributed by atoms with E-state index in [0.717, 1.165) is 12.8 Å². The first-order chi connectivity index (χ1) is 12.7. The predicted molar refractivity (Wildman–Crippen MR) is 105 cm³/mol. The minimum absolute atomic E-state index is 0.147. The molecular weight excluding hydrogens is 329 g/mol. The number of rotatable bonds is 13. The molecule has 3 nitrogen and oxygen atoms in total. The molecule has 0 aliphatic rings. The molecule has 0 unspecified atom stereocenters. The first-order valence-electron chi connectivity index (χ1n) is 10.2. The number of hydrogen-bond acceptors (Lipinski definition) is 2. The molecule has 0 amide bonds. The Kier molecular flexibility index (Phi) is 12.4. The van der Waals surface area contributed by atoms with Crippen molar-refractivity contribution in [2.24, 2.45) is 0 Å². The van der Waals surface area contributed by atoms with Crippen molar-refractivity contribution in [3.8, 4) is 11.8 Å². The van der Waals surface area contributed by atoms with Crippen LogP contribution in [0.25, 0.3) is 0 Å². The molecule has 0 aliphatic heterocycles. The Morgan fingerprint density at radius 1 is 1.00 bits per heavy atom. The molecular formula is C22H34FNO2. The molecule has 0 fully saturated rings. The van der Waals surface area contributed by atoms with Crippen LogP contribution in [0.1, 0.15) is 107 Å². The molecule has 0 spiro atoms. The molecule has 1 N–H and O–H groups in total. The minimum Gasteiger partial charge on any atom is -0.461 e. The lowest BCUT2D eigenvalue weighted by Crippen LogP contribution is -2.06. The maximum Gasteiger partial charge on any atom is 0.357 e. The van der Waals surface area contributed by atoms with E-state index in [-0.39, 0.29) is 12.3 Å². The second-order valence-corrected chi connectivity index (χ2v) is 6.71. The highest BCUT2D eigenvalue weighted by Gasteiger charge is 2.15. The molecule has 1 rings (SSSR count). The predicted octanol–water partition coefficient (Wildman–Crippen LogP) is 6.38. The standard InChI is InChI=1S/C22H34FNO2/c1-3-5-6-7-8-9-10-11-12-13-14-15-16-17-19-18-20(23)21(24-19)22(25)26-4-2/h18,24H,3-15H2,1-2H3. The quantitative estimate of drug-likeness (QED) is 0.251. The molecule has 0 bridgehead atoms. The molecule has 4 heteroatoms. The number of halogens is 1. The fraction of sp³-hybridized carbons (Fsp3) is 0.682. The fourth-order valence-corrected chi connectivity index (χ4v) is 2.88. The first kappa shape index (κ1) is 22.3. The average Bonchev–Trinajstić information content (AvgIpc) is 3.00. The lowest BCUT2D eigenvalue weighted by atomic mass is 10.1. The van der Waals surface area contributed by atoms with Gasteiger partial charge in [0.2, 0.25) is 0 Å². The zero-order valence-corrected chi connectivity index (χ0v) is 16.5. The normalized spacial score (nSPS) is 10.4. The number of hydrogen-bond donors (Lipinski definition) is 1. The SMILES string of the molecule is CCCCCCCCCCCCCC#Cc1cc(F)c(C(=O)OCC)[nH]1. The van der Waals surface area contributed by atoms with Crippen LogP contribution in [0.4, 0.5) is 4.39 Å². The summed E-state index contributed by atoms with van der Waals surface area (Å²) >= 11 is 0. The van der Waals surface area contributed by atoms with Gasteiger partial charge in [0.15, 0.2) is 11.5 Å². The monoisotopic (exact) mass is 363 g/mol. The lowest BCUT2D eigenvalue weighted by Gasteiger charge is -2.01. The van der Waals surface area contributed by atoms with Crippen molar-refractivity contribution >= 4 is 5.97 Å². The Balaban J connectivity index is 2.09. The van der Waals surface area contributed by atoms with E-state index in [0.29, 0.717) is 5.69 Å². The Labute approximate surface area is 158 Å². The van der Waals surface area contributed by atoms with Crippen LogP contribution in [-0.2, 0) is 4.74 Å². The largest absolute Gasteiger partial charge is 0.461 e. The second kappa shape index (κ2) is 14.4. The van der Waals surface area contributed by atoms with E-state index in [1.54, 1.807) is 6.92 Å². The van der Waals surface area contributed by atoms with Crippen LogP contribution >= 0.6 is 0 Å². The van der Waals surface area contributed by atoms with E-state index in [1.165, 1.54) is 70.3 Å². The highest BCUT2D eigenvalue weighted by molar-refractivity contribution is 5.88. The molecule has 146 valence electrons. The van der Waals surface area contributed by atoms with Crippen LogP contribution in [0.3, 0.4) is 0 Å². The first-order valence-corrected chi connectivity index (χ1v) is 10.2. The Hall–Kier alpha value is -1.76. The number of carbonyl (C=O) groups is 1. The zero-order chi connectivity index (χ0) is 19.0. The molecule has 26 heavy (non-hydrogen) atoms. The molecule has 1 aromatic heterocycles. The molecule has 0 aliphatic carbocycles. The van der Waals surface area contributed by atoms with Crippen LogP contribution in [-0.4, -0.2) is 17.6 Å². The number of aromatic amines is 1. The summed E-state index contributed by atoms with van der Waals surface area (Å²) in [5.74, 6) is 4.64. The third-order valence-electron chi connectivity index (χ3n) is 4.38. The van der Waals surface area contributed by atoms with Crippen LogP contribution in [0.2, 0.25) is 0 Å². The summed E-state index contributed by atoms with van der Waals surface area (Å²) in [5.41, 5.74) is 0.277. The number of carbonyl (C=O) groups excluding carboxylic acids is 1. The average molecular weight is 364 g/mol. The molecule has 0 saturated carbocycles. The van der Waals surface area contributed by atoms with Crippen molar-refractivity contribution in [1.29, 1.82) is 0 Å². The number of aromatic nitrogens is 1. The van der Waals surface area contributed by atoms with E-state index in [2.05, 4.69) is 23.7 Å². The summed E-state index contributed by atoms with van der Waals surface area (Å²) in [6, 6.07) is 1.25. The van der Waals surface area contributed by atoms with Crippen LogP contribution in [0, 0.1) is 17.7 Å². The van der Waals surface area contributed by atoms with Gasteiger partial charge in [0.1, 0.15) is 0 Å². The van der Waals surface area contributed by atoms with E-state index in [9.17, 15) is 9.18 Å². The smallest absolute Gasteiger partial charge is 0.357 e. The van der Waals surface area contributed by atoms with Crippen molar-refractivity contribution in [2.45, 2.75) is 90.9 Å².